The number of benzene rings is 2. The topological polar surface area (TPSA) is 49.8 Å². The second kappa shape index (κ2) is 5.61. The highest BCUT2D eigenvalue weighted by molar-refractivity contribution is 7.98. The summed E-state index contributed by atoms with van der Waals surface area (Å²) in [5, 5.41) is 8.73. The zero-order valence-electron chi connectivity index (χ0n) is 10.2. The average molecular weight is 254 g/mol. The van der Waals surface area contributed by atoms with E-state index in [1.54, 1.807) is 11.8 Å². The number of nitrogen functional groups attached to an aromatic ring is 1. The Labute approximate surface area is 111 Å². The summed E-state index contributed by atoms with van der Waals surface area (Å²) in [4.78, 5) is 1.21. The van der Waals surface area contributed by atoms with E-state index in [1.807, 2.05) is 42.5 Å². The molecule has 0 aliphatic rings. The van der Waals surface area contributed by atoms with Gasteiger partial charge in [-0.2, -0.15) is 5.26 Å². The van der Waals surface area contributed by atoms with Crippen molar-refractivity contribution >= 4 is 17.4 Å². The Morgan fingerprint density at radius 1 is 1.17 bits per heavy atom. The minimum atomic E-state index is 0.698. The first kappa shape index (κ1) is 12.5. The minimum absolute atomic E-state index is 0.698. The van der Waals surface area contributed by atoms with Crippen LogP contribution in [-0.4, -0.2) is 0 Å². The van der Waals surface area contributed by atoms with E-state index in [-0.39, 0.29) is 0 Å². The van der Waals surface area contributed by atoms with Crippen LogP contribution in [0.15, 0.2) is 47.4 Å². The van der Waals surface area contributed by atoms with Gasteiger partial charge in [0.15, 0.2) is 0 Å². The number of anilines is 1. The molecule has 2 N–H and O–H groups in total. The number of hydrogen-bond donors (Lipinski definition) is 1. The second-order valence-electron chi connectivity index (χ2n) is 4.12. The minimum Gasteiger partial charge on any atom is -0.399 e. The maximum atomic E-state index is 8.73. The molecule has 2 aromatic carbocycles. The third-order valence-corrected chi connectivity index (χ3v) is 3.92. The number of nitrogens with two attached hydrogens (primary N) is 1. The Bertz CT molecular complexity index is 582. The van der Waals surface area contributed by atoms with Crippen LogP contribution in [0, 0.1) is 18.3 Å². The van der Waals surface area contributed by atoms with Crippen LogP contribution in [0.5, 0.6) is 0 Å². The van der Waals surface area contributed by atoms with E-state index in [2.05, 4.69) is 13.0 Å². The fourth-order valence-corrected chi connectivity index (χ4v) is 2.64. The van der Waals surface area contributed by atoms with Gasteiger partial charge in [-0.15, -0.1) is 11.8 Å². The third kappa shape index (κ3) is 3.06. The lowest BCUT2D eigenvalue weighted by Crippen LogP contribution is -1.88. The number of aryl methyl sites for hydroxylation is 1. The van der Waals surface area contributed by atoms with E-state index in [4.69, 9.17) is 11.0 Å². The van der Waals surface area contributed by atoms with Crippen molar-refractivity contribution in [1.82, 2.24) is 0 Å². The monoisotopic (exact) mass is 254 g/mol. The van der Waals surface area contributed by atoms with Gasteiger partial charge in [0.05, 0.1) is 11.6 Å². The van der Waals surface area contributed by atoms with Gasteiger partial charge in [0.1, 0.15) is 0 Å². The summed E-state index contributed by atoms with van der Waals surface area (Å²) < 4.78 is 0. The lowest BCUT2D eigenvalue weighted by Gasteiger charge is -2.06. The van der Waals surface area contributed by atoms with Gasteiger partial charge in [-0.25, -0.2) is 0 Å². The summed E-state index contributed by atoms with van der Waals surface area (Å²) in [5.74, 6) is 0.885. The van der Waals surface area contributed by atoms with Crippen molar-refractivity contribution in [2.24, 2.45) is 0 Å². The first-order valence-electron chi connectivity index (χ1n) is 5.67. The SMILES string of the molecule is Cc1ccc(N)cc1SCc1ccc(C#N)cc1. The number of thioether (sulfide) groups is 1. The molecule has 0 heterocycles. The van der Waals surface area contributed by atoms with E-state index >= 15 is 0 Å². The average Bonchev–Trinajstić information content (AvgIpc) is 2.40. The molecule has 18 heavy (non-hydrogen) atoms. The molecule has 0 amide bonds. The summed E-state index contributed by atoms with van der Waals surface area (Å²) in [7, 11) is 0. The van der Waals surface area contributed by atoms with E-state index in [1.165, 1.54) is 16.0 Å². The highest BCUT2D eigenvalue weighted by Gasteiger charge is 2.01. The smallest absolute Gasteiger partial charge is 0.0991 e. The fourth-order valence-electron chi connectivity index (χ4n) is 1.61. The van der Waals surface area contributed by atoms with Gasteiger partial charge < -0.3 is 5.73 Å². The van der Waals surface area contributed by atoms with Gasteiger partial charge in [0.2, 0.25) is 0 Å². The number of nitriles is 1. The largest absolute Gasteiger partial charge is 0.399 e. The maximum Gasteiger partial charge on any atom is 0.0991 e. The molecule has 0 bridgehead atoms. The molecule has 0 aliphatic carbocycles. The Hall–Kier alpha value is -1.92. The van der Waals surface area contributed by atoms with E-state index in [9.17, 15) is 0 Å². The van der Waals surface area contributed by atoms with Gasteiger partial charge in [0, 0.05) is 16.3 Å². The molecule has 3 heteroatoms. The van der Waals surface area contributed by atoms with Gasteiger partial charge in [-0.05, 0) is 42.3 Å². The Morgan fingerprint density at radius 2 is 1.89 bits per heavy atom. The van der Waals surface area contributed by atoms with Crippen LogP contribution in [0.4, 0.5) is 5.69 Å². The van der Waals surface area contributed by atoms with Gasteiger partial charge in [-0.3, -0.25) is 0 Å². The molecule has 2 nitrogen and oxygen atoms in total. The normalized spacial score (nSPS) is 10.0. The molecule has 2 rings (SSSR count). The number of rotatable bonds is 3. The molecule has 2 aromatic rings. The highest BCUT2D eigenvalue weighted by Crippen LogP contribution is 2.27. The molecular formula is C15H14N2S. The molecule has 0 radical (unpaired) electrons. The highest BCUT2D eigenvalue weighted by atomic mass is 32.2. The third-order valence-electron chi connectivity index (χ3n) is 2.69. The fraction of sp³-hybridized carbons (Fsp3) is 0.133. The number of hydrogen-bond acceptors (Lipinski definition) is 3. The molecular weight excluding hydrogens is 240 g/mol. The van der Waals surface area contributed by atoms with Crippen LogP contribution in [-0.2, 0) is 5.75 Å². The lowest BCUT2D eigenvalue weighted by molar-refractivity contribution is 1.29. The van der Waals surface area contributed by atoms with Gasteiger partial charge in [0.25, 0.3) is 0 Å². The predicted molar refractivity (Wildman–Crippen MR) is 76.3 cm³/mol. The molecule has 0 fully saturated rings. The van der Waals surface area contributed by atoms with Crippen LogP contribution in [0.2, 0.25) is 0 Å². The van der Waals surface area contributed by atoms with Crippen molar-refractivity contribution in [2.45, 2.75) is 17.6 Å². The van der Waals surface area contributed by atoms with Crippen LogP contribution in [0.25, 0.3) is 0 Å². The molecule has 0 saturated heterocycles. The first-order chi connectivity index (χ1) is 8.69. The molecule has 0 saturated carbocycles. The molecule has 0 spiro atoms. The van der Waals surface area contributed by atoms with Gasteiger partial charge >= 0.3 is 0 Å². The Morgan fingerprint density at radius 3 is 2.56 bits per heavy atom. The quantitative estimate of drug-likeness (QED) is 0.670. The first-order valence-corrected chi connectivity index (χ1v) is 6.65. The van der Waals surface area contributed by atoms with E-state index < -0.39 is 0 Å². The van der Waals surface area contributed by atoms with E-state index in [0.29, 0.717) is 5.56 Å². The summed E-state index contributed by atoms with van der Waals surface area (Å²) in [5.41, 5.74) is 9.73. The molecule has 0 aliphatic heterocycles. The molecule has 90 valence electrons. The van der Waals surface area contributed by atoms with Gasteiger partial charge in [-0.1, -0.05) is 18.2 Å². The maximum absolute atomic E-state index is 8.73. The predicted octanol–water partition coefficient (Wildman–Crippen LogP) is 3.74. The van der Waals surface area contributed by atoms with Crippen molar-refractivity contribution in [1.29, 1.82) is 5.26 Å². The van der Waals surface area contributed by atoms with Crippen molar-refractivity contribution in [3.05, 3.63) is 59.2 Å². The van der Waals surface area contributed by atoms with Crippen molar-refractivity contribution in [3.8, 4) is 6.07 Å². The summed E-state index contributed by atoms with van der Waals surface area (Å²) in [6, 6.07) is 15.8. The Kier molecular flexibility index (Phi) is 3.91. The zero-order chi connectivity index (χ0) is 13.0. The van der Waals surface area contributed by atoms with Crippen LogP contribution >= 0.6 is 11.8 Å². The summed E-state index contributed by atoms with van der Waals surface area (Å²) >= 11 is 1.76. The zero-order valence-corrected chi connectivity index (χ0v) is 11.0. The lowest BCUT2D eigenvalue weighted by atomic mass is 10.2. The van der Waals surface area contributed by atoms with Crippen LogP contribution in [0.3, 0.4) is 0 Å². The van der Waals surface area contributed by atoms with Crippen molar-refractivity contribution < 1.29 is 0 Å². The molecule has 0 atom stereocenters. The van der Waals surface area contributed by atoms with Crippen molar-refractivity contribution in [3.63, 3.8) is 0 Å². The standard InChI is InChI=1S/C15H14N2S/c1-11-2-7-14(17)8-15(11)18-10-13-5-3-12(9-16)4-6-13/h2-8H,10,17H2,1H3. The summed E-state index contributed by atoms with van der Waals surface area (Å²) in [6.45, 7) is 2.08. The summed E-state index contributed by atoms with van der Waals surface area (Å²) in [6.07, 6.45) is 0. The second-order valence-corrected chi connectivity index (χ2v) is 5.14. The number of nitrogens with zero attached hydrogens (tertiary/aromatic N) is 1. The molecule has 0 aromatic heterocycles. The van der Waals surface area contributed by atoms with E-state index in [0.717, 1.165) is 11.4 Å². The molecule has 0 unspecified atom stereocenters. The van der Waals surface area contributed by atoms with Crippen LogP contribution in [0.1, 0.15) is 16.7 Å². The van der Waals surface area contributed by atoms with Crippen LogP contribution < -0.4 is 5.73 Å². The Balaban J connectivity index is 2.07. The van der Waals surface area contributed by atoms with Crippen molar-refractivity contribution in [2.75, 3.05) is 5.73 Å².